The largest absolute Gasteiger partial charge is 0.478 e. The summed E-state index contributed by atoms with van der Waals surface area (Å²) in [6.45, 7) is 0. The first-order chi connectivity index (χ1) is 7.63. The lowest BCUT2D eigenvalue weighted by Gasteiger charge is -1.97. The van der Waals surface area contributed by atoms with Gasteiger partial charge in [-0.3, -0.25) is 5.43 Å². The monoisotopic (exact) mass is 222 g/mol. The standard InChI is InChI=1S/C9H10N4O3/c10-12-9(16)13-11-5-6-1-3-7(4-2-6)8(14)15/h1-5H,10H2,(H,14,15)(H2,12,13,16). The number of benzene rings is 1. The van der Waals surface area contributed by atoms with Gasteiger partial charge in [-0.15, -0.1) is 0 Å². The molecule has 0 fully saturated rings. The number of carboxylic acid groups (broad SMARTS) is 1. The van der Waals surface area contributed by atoms with Crippen LogP contribution in [0.25, 0.3) is 0 Å². The van der Waals surface area contributed by atoms with Gasteiger partial charge in [0.2, 0.25) is 0 Å². The second-order valence-electron chi connectivity index (χ2n) is 2.77. The number of nitrogens with zero attached hydrogens (tertiary/aromatic N) is 1. The summed E-state index contributed by atoms with van der Waals surface area (Å²) in [7, 11) is 0. The smallest absolute Gasteiger partial charge is 0.349 e. The van der Waals surface area contributed by atoms with Crippen molar-refractivity contribution in [1.29, 1.82) is 0 Å². The van der Waals surface area contributed by atoms with Crippen molar-refractivity contribution in [3.63, 3.8) is 0 Å². The molecular formula is C9H10N4O3. The Hall–Kier alpha value is -2.41. The predicted octanol–water partition coefficient (Wildman–Crippen LogP) is -0.108. The Morgan fingerprint density at radius 3 is 2.44 bits per heavy atom. The maximum absolute atomic E-state index is 10.6. The van der Waals surface area contributed by atoms with Crippen LogP contribution in [0.5, 0.6) is 0 Å². The number of amides is 2. The summed E-state index contributed by atoms with van der Waals surface area (Å²) in [5, 5.41) is 12.2. The van der Waals surface area contributed by atoms with Crippen LogP contribution in [0, 0.1) is 0 Å². The van der Waals surface area contributed by atoms with E-state index in [9.17, 15) is 9.59 Å². The number of carbonyl (C=O) groups excluding carboxylic acids is 1. The van der Waals surface area contributed by atoms with Crippen molar-refractivity contribution >= 4 is 18.2 Å². The molecule has 0 bridgehead atoms. The minimum atomic E-state index is -0.996. The maximum atomic E-state index is 10.6. The van der Waals surface area contributed by atoms with Crippen LogP contribution in [0.15, 0.2) is 29.4 Å². The summed E-state index contributed by atoms with van der Waals surface area (Å²) in [6.07, 6.45) is 1.36. The normalized spacial score (nSPS) is 10.1. The van der Waals surface area contributed by atoms with Crippen molar-refractivity contribution in [3.05, 3.63) is 35.4 Å². The number of nitrogens with two attached hydrogens (primary N) is 1. The fourth-order valence-corrected chi connectivity index (χ4v) is 0.909. The Balaban J connectivity index is 2.61. The van der Waals surface area contributed by atoms with Crippen LogP contribution in [0.3, 0.4) is 0 Å². The Morgan fingerprint density at radius 2 is 1.94 bits per heavy atom. The topological polar surface area (TPSA) is 117 Å². The Bertz CT molecular complexity index is 413. The average molecular weight is 222 g/mol. The van der Waals surface area contributed by atoms with E-state index >= 15 is 0 Å². The van der Waals surface area contributed by atoms with Crippen LogP contribution in [0.2, 0.25) is 0 Å². The summed E-state index contributed by atoms with van der Waals surface area (Å²) < 4.78 is 0. The van der Waals surface area contributed by atoms with Crippen LogP contribution in [-0.4, -0.2) is 23.3 Å². The third kappa shape index (κ3) is 3.39. The zero-order valence-electron chi connectivity index (χ0n) is 8.18. The minimum absolute atomic E-state index is 0.185. The van der Waals surface area contributed by atoms with E-state index in [1.807, 2.05) is 5.43 Å². The van der Waals surface area contributed by atoms with Gasteiger partial charge in [-0.2, -0.15) is 5.10 Å². The lowest BCUT2D eigenvalue weighted by molar-refractivity contribution is 0.0697. The Kier molecular flexibility index (Phi) is 3.98. The Morgan fingerprint density at radius 1 is 1.31 bits per heavy atom. The van der Waals surface area contributed by atoms with Crippen molar-refractivity contribution in [2.45, 2.75) is 0 Å². The molecule has 0 spiro atoms. The van der Waals surface area contributed by atoms with Crippen molar-refractivity contribution in [2.24, 2.45) is 10.9 Å². The highest BCUT2D eigenvalue weighted by Crippen LogP contribution is 2.01. The van der Waals surface area contributed by atoms with Crippen molar-refractivity contribution in [2.75, 3.05) is 0 Å². The number of aromatic carboxylic acids is 1. The maximum Gasteiger partial charge on any atom is 0.349 e. The van der Waals surface area contributed by atoms with Crippen LogP contribution in [0.4, 0.5) is 4.79 Å². The molecule has 1 aromatic rings. The molecule has 0 saturated carbocycles. The molecule has 0 radical (unpaired) electrons. The highest BCUT2D eigenvalue weighted by Gasteiger charge is 2.00. The zero-order chi connectivity index (χ0) is 12.0. The molecule has 0 saturated heterocycles. The van der Waals surface area contributed by atoms with E-state index in [4.69, 9.17) is 10.9 Å². The number of carbonyl (C=O) groups is 2. The molecule has 0 aliphatic heterocycles. The average Bonchev–Trinajstić information content (AvgIpc) is 2.29. The van der Waals surface area contributed by atoms with Gasteiger partial charge in [0.1, 0.15) is 0 Å². The number of rotatable bonds is 3. The highest BCUT2D eigenvalue weighted by atomic mass is 16.4. The van der Waals surface area contributed by atoms with E-state index in [1.54, 1.807) is 12.1 Å². The first kappa shape index (κ1) is 11.7. The van der Waals surface area contributed by atoms with Gasteiger partial charge in [-0.05, 0) is 17.7 Å². The van der Waals surface area contributed by atoms with Gasteiger partial charge in [0, 0.05) is 0 Å². The van der Waals surface area contributed by atoms with Crippen molar-refractivity contribution < 1.29 is 14.7 Å². The molecule has 0 atom stereocenters. The molecule has 5 N–H and O–H groups in total. The lowest BCUT2D eigenvalue weighted by Crippen LogP contribution is -2.37. The Labute approximate surface area is 90.9 Å². The fourth-order valence-electron chi connectivity index (χ4n) is 0.909. The van der Waals surface area contributed by atoms with Crippen LogP contribution >= 0.6 is 0 Å². The third-order valence-electron chi connectivity index (χ3n) is 1.67. The van der Waals surface area contributed by atoms with Gasteiger partial charge in [-0.1, -0.05) is 12.1 Å². The number of hydrazone groups is 1. The van der Waals surface area contributed by atoms with E-state index in [-0.39, 0.29) is 5.56 Å². The number of carboxylic acids is 1. The van der Waals surface area contributed by atoms with E-state index in [1.165, 1.54) is 18.3 Å². The molecule has 16 heavy (non-hydrogen) atoms. The molecule has 0 aromatic heterocycles. The molecule has 84 valence electrons. The quantitative estimate of drug-likeness (QED) is 0.247. The molecular weight excluding hydrogens is 212 g/mol. The molecule has 0 heterocycles. The number of hydrogen-bond donors (Lipinski definition) is 4. The summed E-state index contributed by atoms with van der Waals surface area (Å²) in [4.78, 5) is 21.1. The van der Waals surface area contributed by atoms with Crippen LogP contribution in [0.1, 0.15) is 15.9 Å². The highest BCUT2D eigenvalue weighted by molar-refractivity contribution is 5.89. The molecule has 0 aliphatic rings. The molecule has 1 rings (SSSR count). The van der Waals surface area contributed by atoms with E-state index in [0.717, 1.165) is 0 Å². The second-order valence-corrected chi connectivity index (χ2v) is 2.77. The molecule has 7 nitrogen and oxygen atoms in total. The summed E-state index contributed by atoms with van der Waals surface area (Å²) >= 11 is 0. The first-order valence-corrected chi connectivity index (χ1v) is 4.26. The van der Waals surface area contributed by atoms with E-state index < -0.39 is 12.0 Å². The number of hydrazine groups is 1. The van der Waals surface area contributed by atoms with Crippen molar-refractivity contribution in [1.82, 2.24) is 10.9 Å². The van der Waals surface area contributed by atoms with Gasteiger partial charge < -0.3 is 5.11 Å². The third-order valence-corrected chi connectivity index (χ3v) is 1.67. The van der Waals surface area contributed by atoms with Gasteiger partial charge in [-0.25, -0.2) is 20.9 Å². The minimum Gasteiger partial charge on any atom is -0.478 e. The van der Waals surface area contributed by atoms with Crippen LogP contribution < -0.4 is 16.7 Å². The zero-order valence-corrected chi connectivity index (χ0v) is 8.18. The number of nitrogens with one attached hydrogen (secondary N) is 2. The number of hydrogen-bond acceptors (Lipinski definition) is 4. The summed E-state index contributed by atoms with van der Waals surface area (Å²) in [5.41, 5.74) is 4.77. The molecule has 0 unspecified atom stereocenters. The lowest BCUT2D eigenvalue weighted by atomic mass is 10.1. The summed E-state index contributed by atoms with van der Waals surface area (Å²) in [5.74, 6) is 3.81. The molecule has 2 amide bonds. The van der Waals surface area contributed by atoms with Crippen LogP contribution in [-0.2, 0) is 0 Å². The molecule has 1 aromatic carbocycles. The SMILES string of the molecule is NNC(=O)NN=Cc1ccc(C(=O)O)cc1. The molecule has 7 heteroatoms. The fraction of sp³-hybridized carbons (Fsp3) is 0. The van der Waals surface area contributed by atoms with Crippen molar-refractivity contribution in [3.8, 4) is 0 Å². The van der Waals surface area contributed by atoms with Gasteiger partial charge in [0.15, 0.2) is 0 Å². The first-order valence-electron chi connectivity index (χ1n) is 4.26. The summed E-state index contributed by atoms with van der Waals surface area (Å²) in [6, 6.07) is 5.36. The second kappa shape index (κ2) is 5.47. The predicted molar refractivity (Wildman–Crippen MR) is 56.9 cm³/mol. The molecule has 0 aliphatic carbocycles. The van der Waals surface area contributed by atoms with E-state index in [2.05, 4.69) is 10.5 Å². The van der Waals surface area contributed by atoms with Gasteiger partial charge >= 0.3 is 12.0 Å². The number of urea groups is 1. The van der Waals surface area contributed by atoms with Gasteiger partial charge in [0.25, 0.3) is 0 Å². The van der Waals surface area contributed by atoms with Gasteiger partial charge in [0.05, 0.1) is 11.8 Å². The van der Waals surface area contributed by atoms with E-state index in [0.29, 0.717) is 5.56 Å².